The monoisotopic (exact) mass is 424 g/mol. The molecule has 4 aromatic rings. The standard InChI is InChI=1S/C27H28N4O/c1-20-10-12-22(13-11-20)23-19-29-31-24(14-15-28-25(23)31)27(2,18-21-8-4-3-5-9-21)26(32)30-16-6-7-17-30/h3-5,8-15,19H,6-7,16-18H2,1-2H3. The highest BCUT2D eigenvalue weighted by Crippen LogP contribution is 2.34. The van der Waals surface area contributed by atoms with Gasteiger partial charge in [0.05, 0.1) is 17.3 Å². The Bertz CT molecular complexity index is 1240. The third kappa shape index (κ3) is 3.58. The molecule has 5 rings (SSSR count). The fourth-order valence-electron chi connectivity index (χ4n) is 4.80. The summed E-state index contributed by atoms with van der Waals surface area (Å²) in [4.78, 5) is 20.6. The number of rotatable bonds is 5. The van der Waals surface area contributed by atoms with E-state index in [1.165, 1.54) is 5.56 Å². The normalized spacial score (nSPS) is 15.8. The van der Waals surface area contributed by atoms with E-state index < -0.39 is 5.41 Å². The molecule has 0 aliphatic carbocycles. The Morgan fingerprint density at radius 2 is 1.72 bits per heavy atom. The maximum Gasteiger partial charge on any atom is 0.234 e. The minimum Gasteiger partial charge on any atom is -0.342 e. The van der Waals surface area contributed by atoms with Crippen LogP contribution >= 0.6 is 0 Å². The van der Waals surface area contributed by atoms with Crippen LogP contribution in [-0.4, -0.2) is 38.5 Å². The van der Waals surface area contributed by atoms with Crippen molar-refractivity contribution in [2.24, 2.45) is 0 Å². The van der Waals surface area contributed by atoms with Gasteiger partial charge in [-0.05, 0) is 50.3 Å². The Morgan fingerprint density at radius 1 is 1.00 bits per heavy atom. The zero-order valence-corrected chi connectivity index (χ0v) is 18.7. The summed E-state index contributed by atoms with van der Waals surface area (Å²) in [5, 5.41) is 4.72. The van der Waals surface area contributed by atoms with Gasteiger partial charge in [0.15, 0.2) is 5.65 Å². The summed E-state index contributed by atoms with van der Waals surface area (Å²) in [5.74, 6) is 0.165. The molecule has 0 radical (unpaired) electrons. The van der Waals surface area contributed by atoms with Crippen LogP contribution in [0.25, 0.3) is 16.8 Å². The third-order valence-electron chi connectivity index (χ3n) is 6.59. The Labute approximate surface area is 188 Å². The van der Waals surface area contributed by atoms with Crippen molar-refractivity contribution < 1.29 is 4.79 Å². The van der Waals surface area contributed by atoms with Crippen molar-refractivity contribution in [2.45, 2.75) is 38.5 Å². The van der Waals surface area contributed by atoms with Gasteiger partial charge in [0.2, 0.25) is 5.91 Å². The van der Waals surface area contributed by atoms with Crippen molar-refractivity contribution in [2.75, 3.05) is 13.1 Å². The molecule has 0 saturated carbocycles. The van der Waals surface area contributed by atoms with E-state index in [1.807, 2.05) is 46.1 Å². The van der Waals surface area contributed by atoms with E-state index in [0.717, 1.165) is 54.0 Å². The maximum atomic E-state index is 13.9. The highest BCUT2D eigenvalue weighted by molar-refractivity contribution is 5.88. The lowest BCUT2D eigenvalue weighted by molar-refractivity contribution is -0.136. The Kier molecular flexibility index (Phi) is 5.25. The first-order valence-corrected chi connectivity index (χ1v) is 11.3. The molecule has 3 heterocycles. The van der Waals surface area contributed by atoms with Gasteiger partial charge in [0.25, 0.3) is 0 Å². The van der Waals surface area contributed by atoms with Gasteiger partial charge < -0.3 is 4.90 Å². The van der Waals surface area contributed by atoms with E-state index in [-0.39, 0.29) is 5.91 Å². The van der Waals surface area contributed by atoms with Crippen molar-refractivity contribution in [1.29, 1.82) is 0 Å². The van der Waals surface area contributed by atoms with Gasteiger partial charge in [0, 0.05) is 24.8 Å². The molecule has 5 nitrogen and oxygen atoms in total. The first-order chi connectivity index (χ1) is 15.6. The zero-order chi connectivity index (χ0) is 22.1. The van der Waals surface area contributed by atoms with E-state index in [2.05, 4.69) is 55.2 Å². The van der Waals surface area contributed by atoms with Crippen molar-refractivity contribution in [3.8, 4) is 11.1 Å². The smallest absolute Gasteiger partial charge is 0.234 e. The number of aromatic nitrogens is 3. The second kappa shape index (κ2) is 8.23. The second-order valence-electron chi connectivity index (χ2n) is 8.98. The average Bonchev–Trinajstić information content (AvgIpc) is 3.50. The quantitative estimate of drug-likeness (QED) is 0.461. The fourth-order valence-corrected chi connectivity index (χ4v) is 4.80. The summed E-state index contributed by atoms with van der Waals surface area (Å²) in [6, 6.07) is 20.6. The first kappa shape index (κ1) is 20.4. The zero-order valence-electron chi connectivity index (χ0n) is 18.7. The van der Waals surface area contributed by atoms with Crippen LogP contribution in [0.1, 0.15) is 36.6 Å². The summed E-state index contributed by atoms with van der Waals surface area (Å²) in [6.07, 6.45) is 6.42. The number of hydrogen-bond acceptors (Lipinski definition) is 3. The largest absolute Gasteiger partial charge is 0.342 e. The fraction of sp³-hybridized carbons (Fsp3) is 0.296. The molecule has 1 saturated heterocycles. The van der Waals surface area contributed by atoms with Crippen molar-refractivity contribution in [3.05, 3.63) is 89.9 Å². The lowest BCUT2D eigenvalue weighted by atomic mass is 9.78. The number of amides is 1. The van der Waals surface area contributed by atoms with Gasteiger partial charge in [-0.1, -0.05) is 60.2 Å². The lowest BCUT2D eigenvalue weighted by Crippen LogP contribution is -2.46. The van der Waals surface area contributed by atoms with Gasteiger partial charge >= 0.3 is 0 Å². The van der Waals surface area contributed by atoms with E-state index >= 15 is 0 Å². The molecule has 1 unspecified atom stereocenters. The van der Waals surface area contributed by atoms with Gasteiger partial charge in [-0.15, -0.1) is 0 Å². The van der Waals surface area contributed by atoms with E-state index in [1.54, 1.807) is 0 Å². The molecule has 2 aromatic heterocycles. The molecular weight excluding hydrogens is 396 g/mol. The highest BCUT2D eigenvalue weighted by atomic mass is 16.2. The number of carbonyl (C=O) groups is 1. The van der Waals surface area contributed by atoms with Crippen LogP contribution in [0.4, 0.5) is 0 Å². The minimum atomic E-state index is -0.747. The van der Waals surface area contributed by atoms with Crippen LogP contribution in [0.15, 0.2) is 73.1 Å². The van der Waals surface area contributed by atoms with Crippen LogP contribution in [0.3, 0.4) is 0 Å². The van der Waals surface area contributed by atoms with Crippen LogP contribution in [0.5, 0.6) is 0 Å². The molecule has 0 N–H and O–H groups in total. The molecule has 0 bridgehead atoms. The summed E-state index contributed by atoms with van der Waals surface area (Å²) in [5.41, 5.74) is 5.31. The average molecular weight is 425 g/mol. The topological polar surface area (TPSA) is 50.5 Å². The van der Waals surface area contributed by atoms with Gasteiger partial charge in [-0.3, -0.25) is 4.79 Å². The molecule has 0 spiro atoms. The molecule has 1 fully saturated rings. The number of hydrogen-bond donors (Lipinski definition) is 0. The third-order valence-corrected chi connectivity index (χ3v) is 6.59. The van der Waals surface area contributed by atoms with E-state index in [4.69, 9.17) is 5.10 Å². The Balaban J connectivity index is 1.64. The number of aryl methyl sites for hydroxylation is 1. The molecule has 1 aliphatic rings. The van der Waals surface area contributed by atoms with Crippen molar-refractivity contribution >= 4 is 11.6 Å². The van der Waals surface area contributed by atoms with Gasteiger partial charge in [0.1, 0.15) is 0 Å². The molecule has 1 aliphatic heterocycles. The summed E-state index contributed by atoms with van der Waals surface area (Å²) in [6.45, 7) is 5.79. The summed E-state index contributed by atoms with van der Waals surface area (Å²) >= 11 is 0. The molecular formula is C27H28N4O. The Hall–Kier alpha value is -3.47. The summed E-state index contributed by atoms with van der Waals surface area (Å²) in [7, 11) is 0. The van der Waals surface area contributed by atoms with Crippen LogP contribution in [0.2, 0.25) is 0 Å². The SMILES string of the molecule is Cc1ccc(-c2cnn3c(C(C)(Cc4ccccc4)C(=O)N4CCCC4)ccnc23)cc1. The first-order valence-electron chi connectivity index (χ1n) is 11.3. The number of likely N-dealkylation sites (tertiary alicyclic amines) is 1. The predicted molar refractivity (Wildman–Crippen MR) is 126 cm³/mol. The lowest BCUT2D eigenvalue weighted by Gasteiger charge is -2.33. The summed E-state index contributed by atoms with van der Waals surface area (Å²) < 4.78 is 1.87. The second-order valence-corrected chi connectivity index (χ2v) is 8.98. The molecule has 2 aromatic carbocycles. The van der Waals surface area contributed by atoms with Gasteiger partial charge in [-0.2, -0.15) is 5.10 Å². The Morgan fingerprint density at radius 3 is 2.44 bits per heavy atom. The highest BCUT2D eigenvalue weighted by Gasteiger charge is 2.41. The number of carbonyl (C=O) groups excluding carboxylic acids is 1. The number of nitrogens with zero attached hydrogens (tertiary/aromatic N) is 4. The van der Waals surface area contributed by atoms with Crippen molar-refractivity contribution in [3.63, 3.8) is 0 Å². The molecule has 162 valence electrons. The van der Waals surface area contributed by atoms with Gasteiger partial charge in [-0.25, -0.2) is 9.50 Å². The van der Waals surface area contributed by atoms with E-state index in [9.17, 15) is 4.79 Å². The number of fused-ring (bicyclic) bond motifs is 1. The van der Waals surface area contributed by atoms with Crippen molar-refractivity contribution in [1.82, 2.24) is 19.5 Å². The molecule has 5 heteroatoms. The number of benzene rings is 2. The predicted octanol–water partition coefficient (Wildman–Crippen LogP) is 4.83. The van der Waals surface area contributed by atoms with Crippen LogP contribution < -0.4 is 0 Å². The molecule has 1 amide bonds. The molecule has 1 atom stereocenters. The minimum absolute atomic E-state index is 0.165. The maximum absolute atomic E-state index is 13.9. The van der Waals surface area contributed by atoms with Crippen LogP contribution in [0, 0.1) is 6.92 Å². The molecule has 32 heavy (non-hydrogen) atoms. The van der Waals surface area contributed by atoms with Crippen LogP contribution in [-0.2, 0) is 16.6 Å². The van der Waals surface area contributed by atoms with E-state index in [0.29, 0.717) is 6.42 Å².